The largest absolute Gasteiger partial charge is 0.497 e. The molecule has 1 unspecified atom stereocenters. The number of carbonyl (C=O) groups is 1. The van der Waals surface area contributed by atoms with Crippen LogP contribution >= 0.6 is 0 Å². The molecule has 1 heterocycles. The smallest absolute Gasteiger partial charge is 0.335 e. The third-order valence-corrected chi connectivity index (χ3v) is 3.59. The second-order valence-electron chi connectivity index (χ2n) is 5.13. The molecule has 5 heteroatoms. The zero-order valence-electron chi connectivity index (χ0n) is 13.1. The Morgan fingerprint density at radius 3 is 2.58 bits per heavy atom. The van der Waals surface area contributed by atoms with Gasteiger partial charge < -0.3 is 19.3 Å². The van der Waals surface area contributed by atoms with Crippen molar-refractivity contribution in [3.05, 3.63) is 72.3 Å². The van der Waals surface area contributed by atoms with Gasteiger partial charge in [0.2, 0.25) is 0 Å². The molecular weight excluding hydrogens is 308 g/mol. The van der Waals surface area contributed by atoms with Gasteiger partial charge in [-0.2, -0.15) is 0 Å². The number of carbonyl (C=O) groups excluding carboxylic acids is 1. The van der Waals surface area contributed by atoms with Gasteiger partial charge in [-0.1, -0.05) is 6.58 Å². The van der Waals surface area contributed by atoms with Crippen molar-refractivity contribution in [2.24, 2.45) is 0 Å². The molecule has 2 aromatic rings. The number of rotatable bonds is 4. The summed E-state index contributed by atoms with van der Waals surface area (Å²) in [6, 6.07) is 12.2. The van der Waals surface area contributed by atoms with E-state index in [4.69, 9.17) is 14.2 Å². The van der Waals surface area contributed by atoms with Crippen LogP contribution in [0.15, 0.2) is 61.2 Å². The normalized spacial score (nSPS) is 15.6. The molecule has 0 spiro atoms. The lowest BCUT2D eigenvalue weighted by Gasteiger charge is -2.22. The van der Waals surface area contributed by atoms with Gasteiger partial charge in [0.25, 0.3) is 0 Å². The van der Waals surface area contributed by atoms with Gasteiger partial charge in [0.1, 0.15) is 29.1 Å². The van der Waals surface area contributed by atoms with E-state index in [0.29, 0.717) is 22.8 Å². The van der Waals surface area contributed by atoms with Crippen molar-refractivity contribution in [3.8, 4) is 17.2 Å². The van der Waals surface area contributed by atoms with Crippen LogP contribution in [-0.4, -0.2) is 18.2 Å². The fraction of sp³-hybridized carbons (Fsp3) is 0.105. The number of hydrogen-bond acceptors (Lipinski definition) is 5. The highest BCUT2D eigenvalue weighted by Gasteiger charge is 2.22. The molecule has 0 saturated heterocycles. The first kappa shape index (κ1) is 15.8. The second-order valence-corrected chi connectivity index (χ2v) is 5.13. The van der Waals surface area contributed by atoms with E-state index in [1.54, 1.807) is 31.4 Å². The van der Waals surface area contributed by atoms with Crippen molar-refractivity contribution in [1.82, 2.24) is 0 Å². The van der Waals surface area contributed by atoms with Crippen LogP contribution < -0.4 is 14.2 Å². The summed E-state index contributed by atoms with van der Waals surface area (Å²) < 4.78 is 16.0. The summed E-state index contributed by atoms with van der Waals surface area (Å²) in [5, 5.41) is 10.4. The van der Waals surface area contributed by atoms with Gasteiger partial charge in [0.15, 0.2) is 0 Å². The molecule has 0 saturated carbocycles. The molecule has 1 aliphatic rings. The first-order chi connectivity index (χ1) is 11.6. The molecule has 0 bridgehead atoms. The maximum Gasteiger partial charge on any atom is 0.335 e. The summed E-state index contributed by atoms with van der Waals surface area (Å²) >= 11 is 0. The van der Waals surface area contributed by atoms with E-state index in [2.05, 4.69) is 6.58 Å². The van der Waals surface area contributed by atoms with Crippen molar-refractivity contribution in [2.75, 3.05) is 7.11 Å². The highest BCUT2D eigenvalue weighted by atomic mass is 16.5. The Morgan fingerprint density at radius 1 is 1.21 bits per heavy atom. The number of benzene rings is 2. The minimum absolute atomic E-state index is 0.322. The van der Waals surface area contributed by atoms with Crippen molar-refractivity contribution >= 4 is 11.7 Å². The van der Waals surface area contributed by atoms with Crippen LogP contribution in [0.25, 0.3) is 5.76 Å². The van der Waals surface area contributed by atoms with E-state index in [0.717, 1.165) is 17.4 Å². The van der Waals surface area contributed by atoms with Crippen molar-refractivity contribution < 1.29 is 24.1 Å². The summed E-state index contributed by atoms with van der Waals surface area (Å²) in [6.07, 6.45) is 1.81. The predicted molar refractivity (Wildman–Crippen MR) is 88.8 cm³/mol. The molecule has 0 aromatic heterocycles. The molecule has 2 aromatic carbocycles. The molecule has 0 radical (unpaired) electrons. The summed E-state index contributed by atoms with van der Waals surface area (Å²) in [6.45, 7) is 3.35. The van der Waals surface area contributed by atoms with Crippen LogP contribution in [-0.2, 0) is 4.79 Å². The number of ether oxygens (including phenoxy) is 3. The van der Waals surface area contributed by atoms with Crippen molar-refractivity contribution in [3.63, 3.8) is 0 Å². The Morgan fingerprint density at radius 2 is 1.92 bits per heavy atom. The van der Waals surface area contributed by atoms with Gasteiger partial charge in [-0.25, -0.2) is 4.79 Å². The van der Waals surface area contributed by atoms with Crippen LogP contribution in [0.1, 0.15) is 17.2 Å². The number of fused-ring (bicyclic) bond motifs is 1. The van der Waals surface area contributed by atoms with Crippen LogP contribution in [0, 0.1) is 0 Å². The maximum atomic E-state index is 11.3. The van der Waals surface area contributed by atoms with Gasteiger partial charge in [-0.3, -0.25) is 0 Å². The summed E-state index contributed by atoms with van der Waals surface area (Å²) in [7, 11) is 1.60. The number of hydrogen-bond donors (Lipinski definition) is 1. The predicted octanol–water partition coefficient (Wildman–Crippen LogP) is 3.25. The first-order valence-corrected chi connectivity index (χ1v) is 7.31. The molecule has 0 aliphatic carbocycles. The van der Waals surface area contributed by atoms with E-state index >= 15 is 0 Å². The molecule has 5 nitrogen and oxygen atoms in total. The van der Waals surface area contributed by atoms with Crippen LogP contribution in [0.2, 0.25) is 0 Å². The summed E-state index contributed by atoms with van der Waals surface area (Å²) in [5.41, 5.74) is 1.35. The van der Waals surface area contributed by atoms with Gasteiger partial charge in [-0.15, -0.1) is 0 Å². The van der Waals surface area contributed by atoms with Crippen LogP contribution in [0.4, 0.5) is 0 Å². The SMILES string of the molecule is C=CC(=O)Oc1ccc2c(c1)C(O)C=C(c1ccc(OC)cc1)O2. The molecule has 0 amide bonds. The molecular formula is C19H16O5. The average molecular weight is 324 g/mol. The van der Waals surface area contributed by atoms with Crippen molar-refractivity contribution in [1.29, 1.82) is 0 Å². The Balaban J connectivity index is 1.86. The molecule has 0 fully saturated rings. The zero-order valence-corrected chi connectivity index (χ0v) is 13.1. The molecule has 1 aliphatic heterocycles. The van der Waals surface area contributed by atoms with E-state index in [1.807, 2.05) is 24.3 Å². The van der Waals surface area contributed by atoms with E-state index in [1.165, 1.54) is 0 Å². The molecule has 122 valence electrons. The highest BCUT2D eigenvalue weighted by molar-refractivity contribution is 5.83. The zero-order chi connectivity index (χ0) is 17.1. The highest BCUT2D eigenvalue weighted by Crippen LogP contribution is 2.38. The first-order valence-electron chi connectivity index (χ1n) is 7.31. The van der Waals surface area contributed by atoms with Gasteiger partial charge in [0.05, 0.1) is 7.11 Å². The number of methoxy groups -OCH3 is 1. The van der Waals surface area contributed by atoms with E-state index in [-0.39, 0.29) is 0 Å². The third kappa shape index (κ3) is 3.16. The third-order valence-electron chi connectivity index (χ3n) is 3.59. The van der Waals surface area contributed by atoms with Gasteiger partial charge in [0, 0.05) is 17.2 Å². The lowest BCUT2D eigenvalue weighted by molar-refractivity contribution is -0.128. The lowest BCUT2D eigenvalue weighted by Crippen LogP contribution is -2.10. The van der Waals surface area contributed by atoms with E-state index in [9.17, 15) is 9.90 Å². The Labute approximate surface area is 139 Å². The fourth-order valence-electron chi connectivity index (χ4n) is 2.37. The van der Waals surface area contributed by atoms with Crippen LogP contribution in [0.3, 0.4) is 0 Å². The van der Waals surface area contributed by atoms with Crippen molar-refractivity contribution in [2.45, 2.75) is 6.10 Å². The monoisotopic (exact) mass is 324 g/mol. The number of aliphatic hydroxyl groups is 1. The minimum atomic E-state index is -0.867. The number of esters is 1. The van der Waals surface area contributed by atoms with E-state index < -0.39 is 12.1 Å². The Hall–Kier alpha value is -3.05. The Bertz CT molecular complexity index is 805. The summed E-state index contributed by atoms with van der Waals surface area (Å²) in [5.74, 6) is 1.56. The second kappa shape index (κ2) is 6.60. The molecule has 1 atom stereocenters. The topological polar surface area (TPSA) is 65.0 Å². The summed E-state index contributed by atoms with van der Waals surface area (Å²) in [4.78, 5) is 11.3. The lowest BCUT2D eigenvalue weighted by atomic mass is 10.0. The van der Waals surface area contributed by atoms with Gasteiger partial charge >= 0.3 is 5.97 Å². The minimum Gasteiger partial charge on any atom is -0.497 e. The standard InChI is InChI=1S/C19H16O5/c1-3-19(21)23-14-8-9-17-15(10-14)16(20)11-18(24-17)12-4-6-13(22-2)7-5-12/h3-11,16,20H,1H2,2H3. The molecule has 3 rings (SSSR count). The fourth-order valence-corrected chi connectivity index (χ4v) is 2.37. The average Bonchev–Trinajstić information content (AvgIpc) is 2.62. The molecule has 24 heavy (non-hydrogen) atoms. The molecule has 1 N–H and O–H groups in total. The van der Waals surface area contributed by atoms with Gasteiger partial charge in [-0.05, 0) is 48.5 Å². The number of aliphatic hydroxyl groups excluding tert-OH is 1. The quantitative estimate of drug-likeness (QED) is 0.531. The van der Waals surface area contributed by atoms with Crippen LogP contribution in [0.5, 0.6) is 17.2 Å². The Kier molecular flexibility index (Phi) is 4.35. The maximum absolute atomic E-state index is 11.3.